The van der Waals surface area contributed by atoms with Crippen LogP contribution in [0, 0.1) is 0 Å². The fourth-order valence-corrected chi connectivity index (χ4v) is 3.80. The molecule has 3 nitrogen and oxygen atoms in total. The third-order valence-electron chi connectivity index (χ3n) is 5.86. The normalized spacial score (nSPS) is 12.9. The molecule has 3 heteroatoms. The second kappa shape index (κ2) is 24.6. The van der Waals surface area contributed by atoms with Gasteiger partial charge in [0.15, 0.2) is 0 Å². The van der Waals surface area contributed by atoms with Crippen LogP contribution in [0.15, 0.2) is 24.3 Å². The highest BCUT2D eigenvalue weighted by molar-refractivity contribution is 5.69. The van der Waals surface area contributed by atoms with Crippen molar-refractivity contribution in [2.45, 2.75) is 136 Å². The third kappa shape index (κ3) is 23.6. The van der Waals surface area contributed by atoms with E-state index in [9.17, 15) is 4.79 Å². The van der Waals surface area contributed by atoms with Gasteiger partial charge < -0.3 is 9.64 Å². The number of ether oxygens (including phenoxy) is 1. The molecule has 0 spiro atoms. The quantitative estimate of drug-likeness (QED) is 0.0888. The van der Waals surface area contributed by atoms with Crippen molar-refractivity contribution in [2.24, 2.45) is 0 Å². The molecular weight excluding hydrogens is 394 g/mol. The Balaban J connectivity index is 4.18. The summed E-state index contributed by atoms with van der Waals surface area (Å²) in [4.78, 5) is 14.5. The van der Waals surface area contributed by atoms with E-state index >= 15 is 0 Å². The molecule has 1 unspecified atom stereocenters. The first-order chi connectivity index (χ1) is 15.6. The molecule has 0 aromatic carbocycles. The lowest BCUT2D eigenvalue weighted by atomic mass is 10.0. The summed E-state index contributed by atoms with van der Waals surface area (Å²) < 4.78 is 5.89. The van der Waals surface area contributed by atoms with Gasteiger partial charge in [-0.2, -0.15) is 0 Å². The van der Waals surface area contributed by atoms with Crippen molar-refractivity contribution in [1.82, 2.24) is 4.90 Å². The van der Waals surface area contributed by atoms with Crippen molar-refractivity contribution in [3.8, 4) is 0 Å². The number of allylic oxidation sites excluding steroid dienone is 4. The molecule has 0 aromatic rings. The Morgan fingerprint density at radius 2 is 1.19 bits per heavy atom. The van der Waals surface area contributed by atoms with Crippen molar-refractivity contribution in [2.75, 3.05) is 20.6 Å². The lowest BCUT2D eigenvalue weighted by molar-refractivity contribution is -0.150. The molecule has 0 aliphatic rings. The highest BCUT2D eigenvalue weighted by Gasteiger charge is 2.14. The SMILES string of the molecule is CCCCCC=CCCCCC(CCCC=CCCCCC)OC(=O)CCCCN(C)C. The largest absolute Gasteiger partial charge is 0.462 e. The van der Waals surface area contributed by atoms with Crippen molar-refractivity contribution < 1.29 is 9.53 Å². The van der Waals surface area contributed by atoms with E-state index in [1.807, 2.05) is 0 Å². The molecule has 0 radical (unpaired) electrons. The molecule has 0 rings (SSSR count). The van der Waals surface area contributed by atoms with Crippen molar-refractivity contribution in [3.05, 3.63) is 24.3 Å². The van der Waals surface area contributed by atoms with Crippen LogP contribution in [-0.2, 0) is 9.53 Å². The first-order valence-corrected chi connectivity index (χ1v) is 13.7. The molecule has 0 bridgehead atoms. The van der Waals surface area contributed by atoms with Crippen LogP contribution in [0.3, 0.4) is 0 Å². The molecule has 0 saturated heterocycles. The van der Waals surface area contributed by atoms with Gasteiger partial charge in [-0.3, -0.25) is 4.79 Å². The first-order valence-electron chi connectivity index (χ1n) is 13.7. The van der Waals surface area contributed by atoms with Gasteiger partial charge in [0.1, 0.15) is 6.10 Å². The Labute approximate surface area is 201 Å². The van der Waals surface area contributed by atoms with E-state index in [1.165, 1.54) is 57.8 Å². The number of nitrogens with zero attached hydrogens (tertiary/aromatic N) is 1. The maximum atomic E-state index is 12.3. The van der Waals surface area contributed by atoms with Gasteiger partial charge in [0.05, 0.1) is 0 Å². The Bertz CT molecular complexity index is 456. The first kappa shape index (κ1) is 30.9. The van der Waals surface area contributed by atoms with Gasteiger partial charge in [0.2, 0.25) is 0 Å². The molecule has 0 fully saturated rings. The van der Waals surface area contributed by atoms with E-state index in [1.54, 1.807) is 0 Å². The van der Waals surface area contributed by atoms with Gasteiger partial charge in [-0.15, -0.1) is 0 Å². The van der Waals surface area contributed by atoms with E-state index < -0.39 is 0 Å². The van der Waals surface area contributed by atoms with Crippen LogP contribution >= 0.6 is 0 Å². The topological polar surface area (TPSA) is 29.5 Å². The predicted octanol–water partition coefficient (Wildman–Crippen LogP) is 8.63. The zero-order valence-corrected chi connectivity index (χ0v) is 22.1. The van der Waals surface area contributed by atoms with Gasteiger partial charge in [-0.1, -0.05) is 63.8 Å². The van der Waals surface area contributed by atoms with Crippen LogP contribution in [0.5, 0.6) is 0 Å². The summed E-state index contributed by atoms with van der Waals surface area (Å²) in [5, 5.41) is 0. The summed E-state index contributed by atoms with van der Waals surface area (Å²) in [6.45, 7) is 5.53. The van der Waals surface area contributed by atoms with Crippen LogP contribution in [0.4, 0.5) is 0 Å². The van der Waals surface area contributed by atoms with Crippen LogP contribution in [0.25, 0.3) is 0 Å². The lowest BCUT2D eigenvalue weighted by Gasteiger charge is -2.18. The molecule has 0 amide bonds. The molecule has 0 heterocycles. The fourth-order valence-electron chi connectivity index (χ4n) is 3.80. The molecule has 0 N–H and O–H groups in total. The van der Waals surface area contributed by atoms with E-state index in [2.05, 4.69) is 57.1 Å². The number of carbonyl (C=O) groups is 1. The standard InChI is InChI=1S/C29H55NO2/c1-5-7-9-11-13-15-17-19-21-25-28(24-20-18-16-14-12-10-8-6-2)32-29(31)26-22-23-27-30(3)4/h13-16,28H,5-12,17-27H2,1-4H3. The maximum absolute atomic E-state index is 12.3. The molecule has 1 atom stereocenters. The monoisotopic (exact) mass is 449 g/mol. The van der Waals surface area contributed by atoms with Crippen LogP contribution in [0.2, 0.25) is 0 Å². The molecule has 0 aliphatic heterocycles. The van der Waals surface area contributed by atoms with Gasteiger partial charge in [0, 0.05) is 6.42 Å². The average molecular weight is 450 g/mol. The number of hydrogen-bond acceptors (Lipinski definition) is 3. The Morgan fingerprint density at radius 1 is 0.688 bits per heavy atom. The highest BCUT2D eigenvalue weighted by Crippen LogP contribution is 2.16. The fraction of sp³-hybridized carbons (Fsp3) is 0.828. The minimum absolute atomic E-state index is 0.000293. The van der Waals surface area contributed by atoms with Crippen LogP contribution < -0.4 is 0 Å². The lowest BCUT2D eigenvalue weighted by Crippen LogP contribution is -2.19. The average Bonchev–Trinajstić information content (AvgIpc) is 2.77. The van der Waals surface area contributed by atoms with Crippen molar-refractivity contribution in [1.29, 1.82) is 0 Å². The number of rotatable bonds is 23. The highest BCUT2D eigenvalue weighted by atomic mass is 16.5. The molecule has 0 aromatic heterocycles. The van der Waals surface area contributed by atoms with Crippen LogP contribution in [0.1, 0.15) is 129 Å². The van der Waals surface area contributed by atoms with Crippen molar-refractivity contribution >= 4 is 5.97 Å². The Kier molecular flexibility index (Phi) is 23.7. The maximum Gasteiger partial charge on any atom is 0.306 e. The van der Waals surface area contributed by atoms with Gasteiger partial charge in [-0.05, 0) is 104 Å². The van der Waals surface area contributed by atoms with E-state index in [4.69, 9.17) is 4.74 Å². The molecular formula is C29H55NO2. The van der Waals surface area contributed by atoms with E-state index in [0.717, 1.165) is 57.9 Å². The Morgan fingerprint density at radius 3 is 1.72 bits per heavy atom. The van der Waals surface area contributed by atoms with E-state index in [-0.39, 0.29) is 12.1 Å². The summed E-state index contributed by atoms with van der Waals surface area (Å²) in [5.41, 5.74) is 0. The zero-order valence-electron chi connectivity index (χ0n) is 22.1. The van der Waals surface area contributed by atoms with Crippen molar-refractivity contribution in [3.63, 3.8) is 0 Å². The van der Waals surface area contributed by atoms with Gasteiger partial charge in [0.25, 0.3) is 0 Å². The second-order valence-corrected chi connectivity index (χ2v) is 9.52. The van der Waals surface area contributed by atoms with Crippen LogP contribution in [-0.4, -0.2) is 37.6 Å². The smallest absolute Gasteiger partial charge is 0.306 e. The number of carbonyl (C=O) groups excluding carboxylic acids is 1. The van der Waals surface area contributed by atoms with Gasteiger partial charge in [-0.25, -0.2) is 0 Å². The predicted molar refractivity (Wildman–Crippen MR) is 141 cm³/mol. The zero-order chi connectivity index (χ0) is 23.7. The van der Waals surface area contributed by atoms with E-state index in [0.29, 0.717) is 6.42 Å². The summed E-state index contributed by atoms with van der Waals surface area (Å²) >= 11 is 0. The minimum atomic E-state index is -0.000293. The number of esters is 1. The molecule has 0 saturated carbocycles. The number of unbranched alkanes of at least 4 members (excludes halogenated alkanes) is 10. The third-order valence-corrected chi connectivity index (χ3v) is 5.86. The summed E-state index contributed by atoms with van der Waals surface area (Å²) in [7, 11) is 4.15. The summed E-state index contributed by atoms with van der Waals surface area (Å²) in [6.07, 6.45) is 29.9. The second-order valence-electron chi connectivity index (χ2n) is 9.52. The summed E-state index contributed by atoms with van der Waals surface area (Å²) in [5.74, 6) is -0.000293. The number of hydrogen-bond donors (Lipinski definition) is 0. The molecule has 32 heavy (non-hydrogen) atoms. The summed E-state index contributed by atoms with van der Waals surface area (Å²) in [6, 6.07) is 0. The van der Waals surface area contributed by atoms with Gasteiger partial charge >= 0.3 is 5.97 Å². The molecule has 188 valence electrons. The Hall–Kier alpha value is -1.09. The molecule has 0 aliphatic carbocycles. The minimum Gasteiger partial charge on any atom is -0.462 e.